The average molecular weight is 356 g/mol. The van der Waals surface area contributed by atoms with Gasteiger partial charge in [-0.1, -0.05) is 0 Å². The number of benzene rings is 1. The fraction of sp³-hybridized carbons (Fsp3) is 0.474. The number of nitrogens with zero attached hydrogens (tertiary/aromatic N) is 4. The Morgan fingerprint density at radius 2 is 1.88 bits per heavy atom. The molecule has 1 atom stereocenters. The van der Waals surface area contributed by atoms with E-state index in [9.17, 15) is 9.59 Å². The number of fused-ring (bicyclic) bond motifs is 2. The smallest absolute Gasteiger partial charge is 0.270 e. The van der Waals surface area contributed by atoms with Crippen molar-refractivity contribution < 1.29 is 14.3 Å². The first-order chi connectivity index (χ1) is 12.5. The lowest BCUT2D eigenvalue weighted by atomic mass is 10.1. The van der Waals surface area contributed by atoms with Gasteiger partial charge in [-0.15, -0.1) is 0 Å². The van der Waals surface area contributed by atoms with Crippen LogP contribution in [-0.2, 0) is 11.8 Å². The zero-order chi connectivity index (χ0) is 18.4. The Kier molecular flexibility index (Phi) is 4.11. The van der Waals surface area contributed by atoms with Crippen molar-refractivity contribution in [3.05, 3.63) is 30.0 Å². The molecule has 2 aromatic rings. The van der Waals surface area contributed by atoms with E-state index >= 15 is 0 Å². The number of aromatic nitrogens is 1. The minimum Gasteiger partial charge on any atom is -0.497 e. The summed E-state index contributed by atoms with van der Waals surface area (Å²) in [4.78, 5) is 31.4. The highest BCUT2D eigenvalue weighted by atomic mass is 16.5. The molecule has 2 fully saturated rings. The van der Waals surface area contributed by atoms with Gasteiger partial charge in [0, 0.05) is 57.7 Å². The van der Waals surface area contributed by atoms with Crippen LogP contribution < -0.4 is 4.74 Å². The zero-order valence-corrected chi connectivity index (χ0v) is 15.4. The van der Waals surface area contributed by atoms with Crippen LogP contribution in [0, 0.1) is 0 Å². The summed E-state index contributed by atoms with van der Waals surface area (Å²) in [5, 5.41) is 0.974. The van der Waals surface area contributed by atoms with Crippen LogP contribution in [0.15, 0.2) is 24.3 Å². The molecule has 26 heavy (non-hydrogen) atoms. The summed E-state index contributed by atoms with van der Waals surface area (Å²) in [6.45, 7) is 3.48. The van der Waals surface area contributed by atoms with Crippen LogP contribution in [0.2, 0.25) is 0 Å². The molecule has 7 heteroatoms. The molecule has 0 aliphatic carbocycles. The van der Waals surface area contributed by atoms with Crippen LogP contribution in [0.4, 0.5) is 0 Å². The summed E-state index contributed by atoms with van der Waals surface area (Å²) in [6.07, 6.45) is 0. The number of likely N-dealkylation sites (N-methyl/N-ethyl adjacent to an activating group) is 1. The minimum absolute atomic E-state index is 0.0247. The molecule has 1 aromatic carbocycles. The molecule has 0 spiro atoms. The van der Waals surface area contributed by atoms with Gasteiger partial charge in [-0.3, -0.25) is 14.5 Å². The normalized spacial score (nSPS) is 21.2. The van der Waals surface area contributed by atoms with Crippen LogP contribution in [0.1, 0.15) is 10.5 Å². The van der Waals surface area contributed by atoms with Gasteiger partial charge in [-0.05, 0) is 24.3 Å². The van der Waals surface area contributed by atoms with Crippen molar-refractivity contribution in [1.82, 2.24) is 19.3 Å². The van der Waals surface area contributed by atoms with E-state index in [0.717, 1.165) is 36.3 Å². The lowest BCUT2D eigenvalue weighted by Crippen LogP contribution is -2.64. The summed E-state index contributed by atoms with van der Waals surface area (Å²) in [6, 6.07) is 7.47. The molecule has 0 N–H and O–H groups in total. The van der Waals surface area contributed by atoms with E-state index < -0.39 is 0 Å². The average Bonchev–Trinajstić information content (AvgIpc) is 3.00. The van der Waals surface area contributed by atoms with Crippen LogP contribution in [0.3, 0.4) is 0 Å². The Balaban J connectivity index is 1.60. The molecular formula is C19H24N4O3. The van der Waals surface area contributed by atoms with Crippen LogP contribution >= 0.6 is 0 Å². The summed E-state index contributed by atoms with van der Waals surface area (Å²) in [5.41, 5.74) is 1.62. The molecular weight excluding hydrogens is 332 g/mol. The van der Waals surface area contributed by atoms with Crippen molar-refractivity contribution in [2.75, 3.05) is 46.9 Å². The van der Waals surface area contributed by atoms with Crippen LogP contribution in [0.25, 0.3) is 10.9 Å². The van der Waals surface area contributed by atoms with E-state index in [1.165, 1.54) is 0 Å². The highest BCUT2D eigenvalue weighted by Crippen LogP contribution is 2.25. The number of rotatable bonds is 2. The number of piperazine rings is 2. The molecule has 0 saturated carbocycles. The number of methoxy groups -OCH3 is 1. The number of hydrogen-bond donors (Lipinski definition) is 0. The van der Waals surface area contributed by atoms with Crippen molar-refractivity contribution in [2.45, 2.75) is 6.04 Å². The second kappa shape index (κ2) is 6.32. The van der Waals surface area contributed by atoms with Gasteiger partial charge >= 0.3 is 0 Å². The number of carbonyl (C=O) groups is 2. The number of carbonyl (C=O) groups excluding carboxylic acids is 2. The molecule has 2 aliphatic rings. The summed E-state index contributed by atoms with van der Waals surface area (Å²) in [7, 11) is 5.36. The first kappa shape index (κ1) is 16.9. The Hall–Kier alpha value is -2.54. The lowest BCUT2D eigenvalue weighted by Gasteiger charge is -2.45. The third kappa shape index (κ3) is 2.63. The molecule has 0 radical (unpaired) electrons. The van der Waals surface area contributed by atoms with E-state index in [0.29, 0.717) is 18.8 Å². The molecule has 7 nitrogen and oxygen atoms in total. The topological polar surface area (TPSA) is 58.0 Å². The second-order valence-corrected chi connectivity index (χ2v) is 7.08. The highest BCUT2D eigenvalue weighted by Gasteiger charge is 2.39. The quantitative estimate of drug-likeness (QED) is 0.798. The minimum atomic E-state index is -0.221. The summed E-state index contributed by atoms with van der Waals surface area (Å²) >= 11 is 0. The van der Waals surface area contributed by atoms with Gasteiger partial charge in [0.15, 0.2) is 0 Å². The third-order valence-electron chi connectivity index (χ3n) is 5.63. The molecule has 2 aliphatic heterocycles. The van der Waals surface area contributed by atoms with Gasteiger partial charge in [0.25, 0.3) is 5.91 Å². The van der Waals surface area contributed by atoms with Crippen LogP contribution in [-0.4, -0.2) is 84.0 Å². The van der Waals surface area contributed by atoms with Gasteiger partial charge < -0.3 is 19.1 Å². The van der Waals surface area contributed by atoms with Crippen molar-refractivity contribution in [3.63, 3.8) is 0 Å². The standard InChI is InChI=1S/C19H24N4O3/c1-20-6-7-22-8-9-23(12-17(22)18(20)24)19(25)16-11-13-10-14(26-3)4-5-15(13)21(16)2/h4-5,10-11,17H,6-9,12H2,1-3H3/t17-/m0/s1. The predicted octanol–water partition coefficient (Wildman–Crippen LogP) is 0.785. The Bertz CT molecular complexity index is 875. The van der Waals surface area contributed by atoms with E-state index in [1.807, 2.05) is 47.8 Å². The largest absolute Gasteiger partial charge is 0.497 e. The Labute approximate surface area is 152 Å². The molecule has 0 unspecified atom stereocenters. The van der Waals surface area contributed by atoms with Gasteiger partial charge in [0.05, 0.1) is 7.11 Å². The molecule has 2 amide bonds. The number of hydrogen-bond acceptors (Lipinski definition) is 4. The van der Waals surface area contributed by atoms with Crippen molar-refractivity contribution >= 4 is 22.7 Å². The van der Waals surface area contributed by atoms with E-state index in [1.54, 1.807) is 12.0 Å². The summed E-state index contributed by atoms with van der Waals surface area (Å²) < 4.78 is 7.19. The SMILES string of the molecule is COc1ccc2c(c1)cc(C(=O)N1CCN3CCN(C)C(=O)[C@@H]3C1)n2C. The van der Waals surface area contributed by atoms with Crippen molar-refractivity contribution in [3.8, 4) is 5.75 Å². The van der Waals surface area contributed by atoms with E-state index in [4.69, 9.17) is 4.74 Å². The molecule has 138 valence electrons. The van der Waals surface area contributed by atoms with Gasteiger partial charge in [-0.25, -0.2) is 0 Å². The zero-order valence-electron chi connectivity index (χ0n) is 15.4. The Morgan fingerprint density at radius 3 is 2.65 bits per heavy atom. The number of amides is 2. The third-order valence-corrected chi connectivity index (χ3v) is 5.63. The summed E-state index contributed by atoms with van der Waals surface area (Å²) in [5.74, 6) is 0.852. The monoisotopic (exact) mass is 356 g/mol. The fourth-order valence-corrected chi connectivity index (χ4v) is 3.97. The number of ether oxygens (including phenoxy) is 1. The highest BCUT2D eigenvalue weighted by molar-refractivity contribution is 5.99. The second-order valence-electron chi connectivity index (χ2n) is 7.08. The van der Waals surface area contributed by atoms with Gasteiger partial charge in [-0.2, -0.15) is 0 Å². The van der Waals surface area contributed by atoms with Gasteiger partial charge in [0.2, 0.25) is 5.91 Å². The Morgan fingerprint density at radius 1 is 1.12 bits per heavy atom. The van der Waals surface area contributed by atoms with Crippen molar-refractivity contribution in [2.24, 2.45) is 7.05 Å². The maximum Gasteiger partial charge on any atom is 0.270 e. The van der Waals surface area contributed by atoms with E-state index in [2.05, 4.69) is 4.90 Å². The molecule has 4 rings (SSSR count). The maximum absolute atomic E-state index is 13.1. The first-order valence-corrected chi connectivity index (χ1v) is 8.91. The molecule has 3 heterocycles. The number of aryl methyl sites for hydroxylation is 1. The molecule has 1 aromatic heterocycles. The van der Waals surface area contributed by atoms with E-state index in [-0.39, 0.29) is 17.9 Å². The fourth-order valence-electron chi connectivity index (χ4n) is 3.97. The maximum atomic E-state index is 13.1. The first-order valence-electron chi connectivity index (χ1n) is 8.91. The van der Waals surface area contributed by atoms with Gasteiger partial charge in [0.1, 0.15) is 17.5 Å². The predicted molar refractivity (Wildman–Crippen MR) is 98.4 cm³/mol. The van der Waals surface area contributed by atoms with Crippen LogP contribution in [0.5, 0.6) is 5.75 Å². The lowest BCUT2D eigenvalue weighted by molar-refractivity contribution is -0.142. The molecule has 0 bridgehead atoms. The van der Waals surface area contributed by atoms with Crippen molar-refractivity contribution in [1.29, 1.82) is 0 Å². The molecule has 2 saturated heterocycles.